The first-order valence-corrected chi connectivity index (χ1v) is 8.25. The van der Waals surface area contributed by atoms with Gasteiger partial charge < -0.3 is 4.90 Å². The number of carbonyl (C=O) groups is 1. The van der Waals surface area contributed by atoms with E-state index >= 15 is 0 Å². The molecule has 2 heterocycles. The van der Waals surface area contributed by atoms with Crippen LogP contribution in [0.4, 0.5) is 0 Å². The highest BCUT2D eigenvalue weighted by atomic mass is 32.1. The van der Waals surface area contributed by atoms with E-state index in [4.69, 9.17) is 0 Å². The first-order valence-electron chi connectivity index (χ1n) is 7.37. The van der Waals surface area contributed by atoms with Gasteiger partial charge in [-0.2, -0.15) is 0 Å². The number of hydrogen-bond acceptors (Lipinski definition) is 4. The molecule has 0 spiro atoms. The van der Waals surface area contributed by atoms with E-state index in [1.165, 1.54) is 21.9 Å². The van der Waals surface area contributed by atoms with E-state index in [-0.39, 0.29) is 23.1 Å². The Morgan fingerprint density at radius 3 is 2.74 bits per heavy atom. The highest BCUT2D eigenvalue weighted by molar-refractivity contribution is 7.15. The SMILES string of the molecule is CC(C)N(Cc1ccccc1)C(=O)c1cnc2sccn2c1=O. The van der Waals surface area contributed by atoms with Crippen molar-refractivity contribution >= 4 is 22.2 Å². The molecule has 3 aromatic rings. The van der Waals surface area contributed by atoms with Gasteiger partial charge in [0.1, 0.15) is 5.56 Å². The fraction of sp³-hybridized carbons (Fsp3) is 0.235. The minimum atomic E-state index is -0.319. The summed E-state index contributed by atoms with van der Waals surface area (Å²) in [6, 6.07) is 9.72. The molecule has 3 rings (SSSR count). The second-order valence-electron chi connectivity index (χ2n) is 5.55. The number of carbonyl (C=O) groups excluding carboxylic acids is 1. The molecule has 1 aromatic carbocycles. The molecule has 2 aromatic heterocycles. The number of aromatic nitrogens is 2. The quantitative estimate of drug-likeness (QED) is 0.740. The summed E-state index contributed by atoms with van der Waals surface area (Å²) in [5, 5.41) is 1.78. The first kappa shape index (κ1) is 15.4. The molecule has 6 heteroatoms. The van der Waals surface area contributed by atoms with Crippen molar-refractivity contribution in [3.05, 3.63) is 69.6 Å². The van der Waals surface area contributed by atoms with Crippen molar-refractivity contribution in [2.75, 3.05) is 0 Å². The molecule has 0 aliphatic carbocycles. The molecule has 23 heavy (non-hydrogen) atoms. The van der Waals surface area contributed by atoms with Crippen molar-refractivity contribution in [3.8, 4) is 0 Å². The molecule has 0 radical (unpaired) electrons. The van der Waals surface area contributed by atoms with Crippen LogP contribution < -0.4 is 5.56 Å². The average Bonchev–Trinajstić information content (AvgIpc) is 3.03. The van der Waals surface area contributed by atoms with Crippen molar-refractivity contribution in [2.45, 2.75) is 26.4 Å². The van der Waals surface area contributed by atoms with Crippen LogP contribution in [0.15, 0.2) is 52.9 Å². The van der Waals surface area contributed by atoms with E-state index in [0.29, 0.717) is 11.5 Å². The number of thiazole rings is 1. The predicted octanol–water partition coefficient (Wildman–Crippen LogP) is 2.81. The fourth-order valence-electron chi connectivity index (χ4n) is 2.40. The average molecular weight is 327 g/mol. The van der Waals surface area contributed by atoms with Gasteiger partial charge in [-0.1, -0.05) is 30.3 Å². The molecule has 0 aliphatic rings. The van der Waals surface area contributed by atoms with Crippen molar-refractivity contribution in [1.29, 1.82) is 0 Å². The highest BCUT2D eigenvalue weighted by Crippen LogP contribution is 2.13. The van der Waals surface area contributed by atoms with Crippen LogP contribution in [0.25, 0.3) is 4.96 Å². The maximum absolute atomic E-state index is 12.9. The van der Waals surface area contributed by atoms with Crippen LogP contribution >= 0.6 is 11.3 Å². The van der Waals surface area contributed by atoms with Crippen molar-refractivity contribution < 1.29 is 4.79 Å². The number of hydrogen-bond donors (Lipinski definition) is 0. The number of amides is 1. The summed E-state index contributed by atoms with van der Waals surface area (Å²) >= 11 is 1.37. The zero-order chi connectivity index (χ0) is 16.4. The monoisotopic (exact) mass is 327 g/mol. The largest absolute Gasteiger partial charge is 0.332 e. The molecule has 0 saturated heterocycles. The summed E-state index contributed by atoms with van der Waals surface area (Å²) in [6.07, 6.45) is 3.03. The van der Waals surface area contributed by atoms with E-state index < -0.39 is 0 Å². The van der Waals surface area contributed by atoms with E-state index in [9.17, 15) is 9.59 Å². The van der Waals surface area contributed by atoms with Gasteiger partial charge in [-0.05, 0) is 19.4 Å². The lowest BCUT2D eigenvalue weighted by Gasteiger charge is -2.26. The fourth-order valence-corrected chi connectivity index (χ4v) is 3.07. The van der Waals surface area contributed by atoms with E-state index in [1.54, 1.807) is 16.5 Å². The standard InChI is InChI=1S/C17H17N3O2S/c1-12(2)20(11-13-6-4-3-5-7-13)16(22)14-10-18-17-19(15(14)21)8-9-23-17/h3-10,12H,11H2,1-2H3. The molecule has 0 fully saturated rings. The lowest BCUT2D eigenvalue weighted by atomic mass is 10.1. The predicted molar refractivity (Wildman–Crippen MR) is 90.8 cm³/mol. The van der Waals surface area contributed by atoms with Crippen molar-refractivity contribution in [3.63, 3.8) is 0 Å². The van der Waals surface area contributed by atoms with Gasteiger partial charge in [0.2, 0.25) is 0 Å². The first-order chi connectivity index (χ1) is 11.1. The third-order valence-electron chi connectivity index (χ3n) is 3.65. The molecule has 0 bridgehead atoms. The van der Waals surface area contributed by atoms with Crippen LogP contribution in [0.3, 0.4) is 0 Å². The van der Waals surface area contributed by atoms with Crippen LogP contribution in [-0.2, 0) is 6.54 Å². The molecule has 0 atom stereocenters. The third-order valence-corrected chi connectivity index (χ3v) is 4.42. The summed E-state index contributed by atoms with van der Waals surface area (Å²) in [4.78, 5) is 31.8. The van der Waals surface area contributed by atoms with Gasteiger partial charge >= 0.3 is 0 Å². The molecule has 0 N–H and O–H groups in total. The van der Waals surface area contributed by atoms with Gasteiger partial charge in [-0.15, -0.1) is 11.3 Å². The molecule has 0 saturated carbocycles. The zero-order valence-electron chi connectivity index (χ0n) is 13.0. The van der Waals surface area contributed by atoms with Gasteiger partial charge in [0.25, 0.3) is 11.5 Å². The van der Waals surface area contributed by atoms with Crippen LogP contribution in [0.1, 0.15) is 29.8 Å². The Morgan fingerprint density at radius 2 is 2.04 bits per heavy atom. The Morgan fingerprint density at radius 1 is 1.30 bits per heavy atom. The minimum absolute atomic E-state index is 0.0229. The molecular weight excluding hydrogens is 310 g/mol. The summed E-state index contributed by atoms with van der Waals surface area (Å²) in [5.74, 6) is -0.290. The second-order valence-corrected chi connectivity index (χ2v) is 6.42. The Balaban J connectivity index is 1.97. The van der Waals surface area contributed by atoms with E-state index in [2.05, 4.69) is 4.98 Å². The summed E-state index contributed by atoms with van der Waals surface area (Å²) in [5.41, 5.74) is 0.810. The molecule has 0 unspecified atom stereocenters. The number of nitrogens with zero attached hydrogens (tertiary/aromatic N) is 3. The Kier molecular flexibility index (Phi) is 4.25. The topological polar surface area (TPSA) is 54.7 Å². The summed E-state index contributed by atoms with van der Waals surface area (Å²) in [6.45, 7) is 4.34. The lowest BCUT2D eigenvalue weighted by molar-refractivity contribution is 0.0688. The van der Waals surface area contributed by atoms with Crippen LogP contribution in [0, 0.1) is 0 Å². The maximum Gasteiger partial charge on any atom is 0.271 e. The highest BCUT2D eigenvalue weighted by Gasteiger charge is 2.23. The van der Waals surface area contributed by atoms with Crippen molar-refractivity contribution in [2.24, 2.45) is 0 Å². The van der Waals surface area contributed by atoms with Crippen LogP contribution in [0.2, 0.25) is 0 Å². The van der Waals surface area contributed by atoms with E-state index in [1.807, 2.05) is 44.2 Å². The maximum atomic E-state index is 12.9. The molecule has 0 aliphatic heterocycles. The minimum Gasteiger partial charge on any atom is -0.332 e. The molecule has 1 amide bonds. The zero-order valence-corrected chi connectivity index (χ0v) is 13.8. The number of fused-ring (bicyclic) bond motifs is 1. The summed E-state index contributed by atoms with van der Waals surface area (Å²) < 4.78 is 1.42. The third kappa shape index (κ3) is 3.03. The van der Waals surface area contributed by atoms with Gasteiger partial charge in [0, 0.05) is 30.4 Å². The molecule has 118 valence electrons. The van der Waals surface area contributed by atoms with Crippen molar-refractivity contribution in [1.82, 2.24) is 14.3 Å². The number of benzene rings is 1. The van der Waals surface area contributed by atoms with Gasteiger partial charge in [-0.3, -0.25) is 14.0 Å². The van der Waals surface area contributed by atoms with Gasteiger partial charge in [0.15, 0.2) is 4.96 Å². The van der Waals surface area contributed by atoms with Gasteiger partial charge in [-0.25, -0.2) is 4.98 Å². The normalized spacial score (nSPS) is 11.1. The van der Waals surface area contributed by atoms with Gasteiger partial charge in [0.05, 0.1) is 0 Å². The summed E-state index contributed by atoms with van der Waals surface area (Å²) in [7, 11) is 0. The Labute approximate surface area is 137 Å². The van der Waals surface area contributed by atoms with Crippen LogP contribution in [0.5, 0.6) is 0 Å². The lowest BCUT2D eigenvalue weighted by Crippen LogP contribution is -2.39. The molecular formula is C17H17N3O2S. The Hall–Kier alpha value is -2.47. The molecule has 5 nitrogen and oxygen atoms in total. The number of rotatable bonds is 4. The van der Waals surface area contributed by atoms with E-state index in [0.717, 1.165) is 5.56 Å². The van der Waals surface area contributed by atoms with Crippen LogP contribution in [-0.4, -0.2) is 26.2 Å². The second kappa shape index (κ2) is 6.34. The smallest absolute Gasteiger partial charge is 0.271 e. The Bertz CT molecular complexity index is 883.